The maximum atomic E-state index is 12.5. The van der Waals surface area contributed by atoms with Gasteiger partial charge < -0.3 is 26.4 Å². The fourth-order valence-corrected chi connectivity index (χ4v) is 6.95. The molecular weight excluding hydrogens is 666 g/mol. The van der Waals surface area contributed by atoms with Crippen molar-refractivity contribution in [3.8, 4) is 0 Å². The van der Waals surface area contributed by atoms with Crippen LogP contribution >= 0.6 is 0 Å². The molecule has 0 bridgehead atoms. The zero-order chi connectivity index (χ0) is 37.1. The Morgan fingerprint density at radius 2 is 0.846 bits per heavy atom. The molecular formula is C46H82ClNO4. The average Bonchev–Trinajstić information content (AvgIpc) is 3.12. The molecule has 1 rings (SSSR count). The first-order valence-corrected chi connectivity index (χ1v) is 21.8. The van der Waals surface area contributed by atoms with Crippen molar-refractivity contribution in [2.45, 2.75) is 200 Å². The molecule has 0 spiro atoms. The largest absolute Gasteiger partial charge is 1.00 e. The van der Waals surface area contributed by atoms with Crippen molar-refractivity contribution in [3.05, 3.63) is 42.0 Å². The number of benzene rings is 1. The minimum atomic E-state index is -0.0933. The fraction of sp³-hybridized carbons (Fsp3) is 0.783. The van der Waals surface area contributed by atoms with Gasteiger partial charge in [0.05, 0.1) is 7.05 Å². The van der Waals surface area contributed by atoms with Gasteiger partial charge in [-0.25, -0.2) is 0 Å². The molecule has 1 aromatic rings. The van der Waals surface area contributed by atoms with E-state index in [9.17, 15) is 9.59 Å². The highest BCUT2D eigenvalue weighted by molar-refractivity contribution is 5.69. The summed E-state index contributed by atoms with van der Waals surface area (Å²) in [5.74, 6) is -0.187. The third kappa shape index (κ3) is 30.6. The highest BCUT2D eigenvalue weighted by Crippen LogP contribution is 2.17. The van der Waals surface area contributed by atoms with Crippen LogP contribution in [0.25, 0.3) is 6.08 Å². The quantitative estimate of drug-likeness (QED) is 0.0386. The lowest BCUT2D eigenvalue weighted by atomic mass is 10.0. The van der Waals surface area contributed by atoms with Crippen LogP contribution in [0.4, 0.5) is 0 Å². The summed E-state index contributed by atoms with van der Waals surface area (Å²) in [7, 11) is 2.17. The number of halogens is 1. The van der Waals surface area contributed by atoms with Gasteiger partial charge in [-0.1, -0.05) is 205 Å². The number of hydrogen-bond donors (Lipinski definition) is 0. The Bertz CT molecular complexity index is 918. The molecule has 0 fully saturated rings. The SMILES string of the molecule is C=Cc1ccc(C[N+](C)(CCOC(=O)CCCCCCCCCCCCCCC)CCOC(=O)CCCCCCCCCCCCCCC)cc1.[Cl-]. The highest BCUT2D eigenvalue weighted by Gasteiger charge is 2.24. The molecule has 0 amide bonds. The fourth-order valence-electron chi connectivity index (χ4n) is 6.95. The molecule has 0 saturated carbocycles. The lowest BCUT2D eigenvalue weighted by Crippen LogP contribution is -3.00. The number of esters is 2. The van der Waals surface area contributed by atoms with Crippen LogP contribution in [-0.2, 0) is 25.6 Å². The van der Waals surface area contributed by atoms with Crippen molar-refractivity contribution in [3.63, 3.8) is 0 Å². The van der Waals surface area contributed by atoms with Crippen LogP contribution in [0.2, 0.25) is 0 Å². The van der Waals surface area contributed by atoms with Crippen molar-refractivity contribution in [2.24, 2.45) is 0 Å². The van der Waals surface area contributed by atoms with Crippen molar-refractivity contribution in [1.82, 2.24) is 0 Å². The van der Waals surface area contributed by atoms with Crippen LogP contribution < -0.4 is 12.4 Å². The molecule has 5 nitrogen and oxygen atoms in total. The Morgan fingerprint density at radius 3 is 1.15 bits per heavy atom. The smallest absolute Gasteiger partial charge is 0.305 e. The van der Waals surface area contributed by atoms with Crippen LogP contribution in [0.3, 0.4) is 0 Å². The second kappa shape index (κ2) is 36.1. The van der Waals surface area contributed by atoms with Crippen molar-refractivity contribution in [2.75, 3.05) is 33.4 Å². The first-order valence-electron chi connectivity index (χ1n) is 21.8. The number of nitrogens with zero attached hydrogens (tertiary/aromatic N) is 1. The van der Waals surface area contributed by atoms with Crippen molar-refractivity contribution < 1.29 is 36.0 Å². The van der Waals surface area contributed by atoms with Crippen molar-refractivity contribution in [1.29, 1.82) is 0 Å². The van der Waals surface area contributed by atoms with Crippen LogP contribution in [0.1, 0.15) is 205 Å². The normalized spacial score (nSPS) is 11.3. The van der Waals surface area contributed by atoms with Gasteiger partial charge in [-0.15, -0.1) is 0 Å². The van der Waals surface area contributed by atoms with E-state index in [2.05, 4.69) is 51.7 Å². The number of hydrogen-bond acceptors (Lipinski definition) is 4. The summed E-state index contributed by atoms with van der Waals surface area (Å²) in [6.45, 7) is 11.3. The summed E-state index contributed by atoms with van der Waals surface area (Å²) < 4.78 is 12.0. The predicted octanol–water partition coefficient (Wildman–Crippen LogP) is 10.3. The van der Waals surface area contributed by atoms with E-state index in [1.807, 2.05) is 6.08 Å². The van der Waals surface area contributed by atoms with Crippen LogP contribution in [-0.4, -0.2) is 49.8 Å². The lowest BCUT2D eigenvalue weighted by Gasteiger charge is -2.34. The van der Waals surface area contributed by atoms with E-state index in [0.717, 1.165) is 37.8 Å². The predicted molar refractivity (Wildman–Crippen MR) is 219 cm³/mol. The van der Waals surface area contributed by atoms with Gasteiger partial charge in [0, 0.05) is 18.4 Å². The Hall–Kier alpha value is -1.85. The third-order valence-corrected chi connectivity index (χ3v) is 10.5. The van der Waals surface area contributed by atoms with Gasteiger partial charge >= 0.3 is 11.9 Å². The van der Waals surface area contributed by atoms with E-state index < -0.39 is 0 Å². The molecule has 0 aliphatic carbocycles. The van der Waals surface area contributed by atoms with Gasteiger partial charge in [0.2, 0.25) is 0 Å². The molecule has 6 heteroatoms. The van der Waals surface area contributed by atoms with E-state index >= 15 is 0 Å². The van der Waals surface area contributed by atoms with Gasteiger partial charge in [-0.2, -0.15) is 0 Å². The van der Waals surface area contributed by atoms with Crippen LogP contribution in [0, 0.1) is 0 Å². The van der Waals surface area contributed by atoms with E-state index in [-0.39, 0.29) is 24.3 Å². The third-order valence-electron chi connectivity index (χ3n) is 10.5. The zero-order valence-electron chi connectivity index (χ0n) is 34.4. The maximum absolute atomic E-state index is 12.5. The van der Waals surface area contributed by atoms with Crippen molar-refractivity contribution >= 4 is 18.0 Å². The second-order valence-electron chi connectivity index (χ2n) is 15.6. The molecule has 1 aromatic carbocycles. The van der Waals surface area contributed by atoms with Gasteiger partial charge in [0.15, 0.2) is 0 Å². The Labute approximate surface area is 328 Å². The number of rotatable bonds is 37. The first-order chi connectivity index (χ1) is 24.9. The molecule has 0 N–H and O–H groups in total. The monoisotopic (exact) mass is 748 g/mol. The lowest BCUT2D eigenvalue weighted by molar-refractivity contribution is -0.922. The summed E-state index contributed by atoms with van der Waals surface area (Å²) in [5, 5.41) is 0. The van der Waals surface area contributed by atoms with Crippen LogP contribution in [0.15, 0.2) is 30.8 Å². The van der Waals surface area contributed by atoms with Gasteiger partial charge in [-0.3, -0.25) is 9.59 Å². The topological polar surface area (TPSA) is 52.6 Å². The molecule has 302 valence electrons. The number of unbranched alkanes of at least 4 members (excludes halogenated alkanes) is 24. The molecule has 52 heavy (non-hydrogen) atoms. The van der Waals surface area contributed by atoms with Gasteiger partial charge in [-0.05, 0) is 18.4 Å². The first kappa shape index (κ1) is 50.1. The summed E-state index contributed by atoms with van der Waals surface area (Å²) in [4.78, 5) is 25.0. The highest BCUT2D eigenvalue weighted by atomic mass is 35.5. The Morgan fingerprint density at radius 1 is 0.538 bits per heavy atom. The average molecular weight is 749 g/mol. The Balaban J connectivity index is 0.0000260. The van der Waals surface area contributed by atoms with E-state index in [1.165, 1.54) is 147 Å². The number of carbonyl (C=O) groups excluding carboxylic acids is 2. The minimum absolute atomic E-state index is 0. The maximum Gasteiger partial charge on any atom is 0.305 e. The molecule has 0 aliphatic heterocycles. The van der Waals surface area contributed by atoms with E-state index in [4.69, 9.17) is 9.47 Å². The van der Waals surface area contributed by atoms with E-state index in [0.29, 0.717) is 43.6 Å². The number of carbonyl (C=O) groups is 2. The Kier molecular flexibility index (Phi) is 34.9. The summed E-state index contributed by atoms with van der Waals surface area (Å²) in [6.07, 6.45) is 36.5. The summed E-state index contributed by atoms with van der Waals surface area (Å²) in [5.41, 5.74) is 2.30. The molecule has 0 atom stereocenters. The second-order valence-corrected chi connectivity index (χ2v) is 15.6. The molecule has 0 heterocycles. The standard InChI is InChI=1S/C46H82NO4.ClH/c1-5-8-10-12-14-16-18-20-22-24-26-28-30-32-45(48)50-40-38-47(4,42-44-36-34-43(7-3)35-37-44)39-41-51-46(49)33-31-29-27-25-23-21-19-17-15-13-11-9-6-2;/h7,34-37H,3,5-6,8-33,38-42H2,1-2,4H3;1H/q+1;/p-1. The zero-order valence-corrected chi connectivity index (χ0v) is 35.1. The van der Waals surface area contributed by atoms with Gasteiger partial charge in [0.25, 0.3) is 0 Å². The summed E-state index contributed by atoms with van der Waals surface area (Å²) >= 11 is 0. The van der Waals surface area contributed by atoms with Crippen LogP contribution in [0.5, 0.6) is 0 Å². The molecule has 0 aliphatic rings. The number of ether oxygens (including phenoxy) is 2. The van der Waals surface area contributed by atoms with E-state index in [1.54, 1.807) is 0 Å². The summed E-state index contributed by atoms with van der Waals surface area (Å²) in [6, 6.07) is 8.43. The number of quaternary nitrogens is 1. The minimum Gasteiger partial charge on any atom is -1.00 e. The molecule has 0 unspecified atom stereocenters. The molecule has 0 saturated heterocycles. The van der Waals surface area contributed by atoms with Gasteiger partial charge in [0.1, 0.15) is 32.8 Å². The molecule has 0 aromatic heterocycles. The number of likely N-dealkylation sites (N-methyl/N-ethyl adjacent to an activating group) is 1. The molecule has 0 radical (unpaired) electrons.